The lowest BCUT2D eigenvalue weighted by Gasteiger charge is -2.13. The van der Waals surface area contributed by atoms with Crippen molar-refractivity contribution in [1.29, 1.82) is 0 Å². The van der Waals surface area contributed by atoms with Crippen molar-refractivity contribution in [3.8, 4) is 0 Å². The standard InChI is InChI=1S/C9H13N5O/c15-8(7-11-13-14-12-7)10-5-9(3-4-9)6-1-2-6/h6H,1-5H2,(H,10,15)(H,11,12,13,14). The normalized spacial score (nSPS) is 22.4. The molecule has 1 heterocycles. The van der Waals surface area contributed by atoms with E-state index >= 15 is 0 Å². The van der Waals surface area contributed by atoms with Crippen molar-refractivity contribution >= 4 is 5.91 Å². The van der Waals surface area contributed by atoms with Gasteiger partial charge in [0.05, 0.1) is 0 Å². The summed E-state index contributed by atoms with van der Waals surface area (Å²) in [7, 11) is 0. The quantitative estimate of drug-likeness (QED) is 0.734. The van der Waals surface area contributed by atoms with Gasteiger partial charge in [-0.3, -0.25) is 4.79 Å². The third kappa shape index (κ3) is 1.60. The van der Waals surface area contributed by atoms with Crippen LogP contribution in [-0.2, 0) is 0 Å². The molecule has 1 amide bonds. The molecule has 2 fully saturated rings. The number of tetrazole rings is 1. The Balaban J connectivity index is 1.56. The molecule has 0 aliphatic heterocycles. The Hall–Kier alpha value is -1.46. The van der Waals surface area contributed by atoms with Crippen LogP contribution in [-0.4, -0.2) is 33.1 Å². The van der Waals surface area contributed by atoms with Gasteiger partial charge in [0.1, 0.15) is 0 Å². The highest BCUT2D eigenvalue weighted by Crippen LogP contribution is 2.60. The Morgan fingerprint density at radius 3 is 2.87 bits per heavy atom. The van der Waals surface area contributed by atoms with E-state index in [0.29, 0.717) is 5.41 Å². The Bertz CT molecular complexity index is 366. The number of hydrogen-bond acceptors (Lipinski definition) is 4. The lowest BCUT2D eigenvalue weighted by molar-refractivity contribution is 0.0932. The van der Waals surface area contributed by atoms with E-state index in [0.717, 1.165) is 12.5 Å². The molecule has 0 saturated heterocycles. The zero-order valence-electron chi connectivity index (χ0n) is 8.36. The molecule has 2 N–H and O–H groups in total. The second-order valence-electron chi connectivity index (χ2n) is 4.55. The maximum absolute atomic E-state index is 11.5. The molecule has 0 aromatic carbocycles. The second kappa shape index (κ2) is 3.01. The molecule has 2 aliphatic rings. The number of carbonyl (C=O) groups is 1. The Labute approximate surface area is 86.8 Å². The molecule has 0 unspecified atom stereocenters. The number of rotatable bonds is 4. The van der Waals surface area contributed by atoms with Crippen molar-refractivity contribution in [1.82, 2.24) is 25.9 Å². The number of nitrogens with zero attached hydrogens (tertiary/aromatic N) is 3. The summed E-state index contributed by atoms with van der Waals surface area (Å²) in [6, 6.07) is 0. The van der Waals surface area contributed by atoms with Gasteiger partial charge in [-0.2, -0.15) is 5.21 Å². The van der Waals surface area contributed by atoms with Crippen molar-refractivity contribution in [3.63, 3.8) is 0 Å². The number of amides is 1. The lowest BCUT2D eigenvalue weighted by atomic mass is 10.0. The number of nitrogens with one attached hydrogen (secondary N) is 2. The van der Waals surface area contributed by atoms with Gasteiger partial charge < -0.3 is 5.32 Å². The SMILES string of the molecule is O=C(NCC1(C2CC2)CC1)c1nn[nH]n1. The first-order valence-corrected chi connectivity index (χ1v) is 5.32. The number of H-pyrrole nitrogens is 1. The van der Waals surface area contributed by atoms with E-state index in [4.69, 9.17) is 0 Å². The average Bonchev–Trinajstić information content (AvgIpc) is 3.14. The van der Waals surface area contributed by atoms with Crippen LogP contribution in [0.4, 0.5) is 0 Å². The summed E-state index contributed by atoms with van der Waals surface area (Å²) in [6.45, 7) is 0.769. The summed E-state index contributed by atoms with van der Waals surface area (Å²) in [5.41, 5.74) is 0.416. The fourth-order valence-corrected chi connectivity index (χ4v) is 2.18. The Kier molecular flexibility index (Phi) is 1.77. The molecule has 80 valence electrons. The molecule has 1 aromatic rings. The maximum Gasteiger partial charge on any atom is 0.292 e. The van der Waals surface area contributed by atoms with Gasteiger partial charge >= 0.3 is 0 Å². The summed E-state index contributed by atoms with van der Waals surface area (Å²) < 4.78 is 0. The van der Waals surface area contributed by atoms with Crippen LogP contribution in [0.5, 0.6) is 0 Å². The molecule has 2 aliphatic carbocycles. The first-order chi connectivity index (χ1) is 7.30. The van der Waals surface area contributed by atoms with E-state index in [1.165, 1.54) is 25.7 Å². The highest BCUT2D eigenvalue weighted by Gasteiger charge is 2.53. The molecule has 6 nitrogen and oxygen atoms in total. The topological polar surface area (TPSA) is 83.6 Å². The largest absolute Gasteiger partial charge is 0.349 e. The van der Waals surface area contributed by atoms with E-state index < -0.39 is 0 Å². The van der Waals surface area contributed by atoms with E-state index in [1.54, 1.807) is 0 Å². The van der Waals surface area contributed by atoms with Crippen LogP contribution in [0.1, 0.15) is 36.3 Å². The molecule has 3 rings (SSSR count). The van der Waals surface area contributed by atoms with Crippen LogP contribution in [0, 0.1) is 11.3 Å². The summed E-state index contributed by atoms with van der Waals surface area (Å²) in [5, 5.41) is 15.8. The summed E-state index contributed by atoms with van der Waals surface area (Å²) in [4.78, 5) is 11.5. The predicted molar refractivity (Wildman–Crippen MR) is 50.9 cm³/mol. The highest BCUT2D eigenvalue weighted by molar-refractivity contribution is 5.90. The molecule has 0 atom stereocenters. The van der Waals surface area contributed by atoms with Crippen LogP contribution in [0.2, 0.25) is 0 Å². The zero-order valence-corrected chi connectivity index (χ0v) is 8.36. The predicted octanol–water partition coefficient (Wildman–Crippen LogP) is 0.120. The van der Waals surface area contributed by atoms with Crippen molar-refractivity contribution in [2.75, 3.05) is 6.54 Å². The van der Waals surface area contributed by atoms with Crippen LogP contribution < -0.4 is 5.32 Å². The average molecular weight is 207 g/mol. The summed E-state index contributed by atoms with van der Waals surface area (Å²) in [5.74, 6) is 0.750. The van der Waals surface area contributed by atoms with Crippen LogP contribution in [0.25, 0.3) is 0 Å². The molecular weight excluding hydrogens is 194 g/mol. The Morgan fingerprint density at radius 1 is 1.53 bits per heavy atom. The number of aromatic amines is 1. The highest BCUT2D eigenvalue weighted by atomic mass is 16.2. The molecule has 0 bridgehead atoms. The van der Waals surface area contributed by atoms with E-state index in [2.05, 4.69) is 25.9 Å². The van der Waals surface area contributed by atoms with E-state index in [-0.39, 0.29) is 11.7 Å². The minimum absolute atomic E-state index is 0.126. The van der Waals surface area contributed by atoms with Gasteiger partial charge in [-0.1, -0.05) is 0 Å². The first-order valence-electron chi connectivity index (χ1n) is 5.32. The van der Waals surface area contributed by atoms with Gasteiger partial charge in [-0.05, 0) is 42.2 Å². The number of hydrogen-bond donors (Lipinski definition) is 2. The second-order valence-corrected chi connectivity index (χ2v) is 4.55. The lowest BCUT2D eigenvalue weighted by Crippen LogP contribution is -2.31. The molecule has 15 heavy (non-hydrogen) atoms. The fraction of sp³-hybridized carbons (Fsp3) is 0.778. The molecule has 2 saturated carbocycles. The molecule has 1 aromatic heterocycles. The van der Waals surface area contributed by atoms with Crippen molar-refractivity contribution in [3.05, 3.63) is 5.82 Å². The van der Waals surface area contributed by atoms with Crippen LogP contribution in [0.15, 0.2) is 0 Å². The zero-order chi connectivity index (χ0) is 10.3. The van der Waals surface area contributed by atoms with Crippen molar-refractivity contribution in [2.45, 2.75) is 25.7 Å². The van der Waals surface area contributed by atoms with E-state index in [1.807, 2.05) is 0 Å². The third-order valence-electron chi connectivity index (χ3n) is 3.49. The van der Waals surface area contributed by atoms with Crippen molar-refractivity contribution in [2.24, 2.45) is 11.3 Å². The van der Waals surface area contributed by atoms with Gasteiger partial charge in [0, 0.05) is 6.54 Å². The van der Waals surface area contributed by atoms with Gasteiger partial charge in [0.2, 0.25) is 0 Å². The minimum atomic E-state index is -0.226. The number of aromatic nitrogens is 4. The van der Waals surface area contributed by atoms with Gasteiger partial charge in [-0.25, -0.2) is 0 Å². The van der Waals surface area contributed by atoms with Gasteiger partial charge in [0.25, 0.3) is 11.7 Å². The molecule has 0 radical (unpaired) electrons. The monoisotopic (exact) mass is 207 g/mol. The van der Waals surface area contributed by atoms with Crippen LogP contribution >= 0.6 is 0 Å². The fourth-order valence-electron chi connectivity index (χ4n) is 2.18. The third-order valence-corrected chi connectivity index (χ3v) is 3.49. The van der Waals surface area contributed by atoms with Gasteiger partial charge in [0.15, 0.2) is 0 Å². The molecular formula is C9H13N5O. The first kappa shape index (κ1) is 8.82. The maximum atomic E-state index is 11.5. The van der Waals surface area contributed by atoms with Gasteiger partial charge in [-0.15, -0.1) is 10.2 Å². The molecule has 0 spiro atoms. The van der Waals surface area contributed by atoms with Crippen molar-refractivity contribution < 1.29 is 4.79 Å². The van der Waals surface area contributed by atoms with Crippen LogP contribution in [0.3, 0.4) is 0 Å². The minimum Gasteiger partial charge on any atom is -0.349 e. The Morgan fingerprint density at radius 2 is 2.33 bits per heavy atom. The summed E-state index contributed by atoms with van der Waals surface area (Å²) in [6.07, 6.45) is 5.17. The molecule has 6 heteroatoms. The van der Waals surface area contributed by atoms with E-state index in [9.17, 15) is 4.79 Å². The number of carbonyl (C=O) groups excluding carboxylic acids is 1. The summed E-state index contributed by atoms with van der Waals surface area (Å²) >= 11 is 0. The smallest absolute Gasteiger partial charge is 0.292 e.